The van der Waals surface area contributed by atoms with Crippen molar-refractivity contribution in [3.63, 3.8) is 0 Å². The molecule has 2 aliphatic rings. The summed E-state index contributed by atoms with van der Waals surface area (Å²) in [5, 5.41) is 18.9. The highest BCUT2D eigenvalue weighted by Gasteiger charge is 2.22. The number of piperidine rings is 1. The van der Waals surface area contributed by atoms with Crippen LogP contribution in [-0.4, -0.2) is 65.3 Å². The minimum absolute atomic E-state index is 0.158. The molecule has 2 fully saturated rings. The number of benzene rings is 1. The van der Waals surface area contributed by atoms with Gasteiger partial charge < -0.3 is 25.5 Å². The summed E-state index contributed by atoms with van der Waals surface area (Å²) >= 11 is 1.66. The number of anilines is 4. The van der Waals surface area contributed by atoms with Crippen molar-refractivity contribution in [1.82, 2.24) is 14.9 Å². The van der Waals surface area contributed by atoms with Crippen molar-refractivity contribution in [1.29, 1.82) is 0 Å². The summed E-state index contributed by atoms with van der Waals surface area (Å²) in [7, 11) is 4.40. The Labute approximate surface area is 199 Å². The summed E-state index contributed by atoms with van der Waals surface area (Å²) in [6, 6.07) is 11.6. The van der Waals surface area contributed by atoms with E-state index in [4.69, 9.17) is 9.97 Å². The van der Waals surface area contributed by atoms with Crippen molar-refractivity contribution in [3.05, 3.63) is 35.7 Å². The fraction of sp³-hybridized carbons (Fsp3) is 0.520. The molecule has 0 bridgehead atoms. The molecule has 176 valence electrons. The molecule has 0 spiro atoms. The third kappa shape index (κ3) is 5.23. The molecule has 0 amide bonds. The second kappa shape index (κ2) is 9.83. The van der Waals surface area contributed by atoms with E-state index in [1.54, 1.807) is 11.3 Å². The summed E-state index contributed by atoms with van der Waals surface area (Å²) in [6.45, 7) is 2.32. The van der Waals surface area contributed by atoms with Crippen LogP contribution in [0.1, 0.15) is 38.5 Å². The van der Waals surface area contributed by atoms with Crippen LogP contribution in [0.15, 0.2) is 35.7 Å². The molecule has 8 heteroatoms. The maximum absolute atomic E-state index is 9.81. The lowest BCUT2D eigenvalue weighted by atomic mass is 9.93. The first kappa shape index (κ1) is 22.4. The minimum atomic E-state index is -0.158. The lowest BCUT2D eigenvalue weighted by Crippen LogP contribution is -2.41. The maximum atomic E-state index is 9.81. The Morgan fingerprint density at radius 2 is 1.73 bits per heavy atom. The Bertz CT molecular complexity index is 1050. The number of nitrogens with one attached hydrogen (secondary N) is 2. The number of fused-ring (bicyclic) bond motifs is 1. The van der Waals surface area contributed by atoms with E-state index in [1.165, 1.54) is 18.5 Å². The summed E-state index contributed by atoms with van der Waals surface area (Å²) in [5.41, 5.74) is 3.18. The molecule has 33 heavy (non-hydrogen) atoms. The van der Waals surface area contributed by atoms with Gasteiger partial charge in [-0.25, -0.2) is 4.98 Å². The molecule has 0 radical (unpaired) electrons. The van der Waals surface area contributed by atoms with Crippen molar-refractivity contribution in [2.24, 2.45) is 0 Å². The molecule has 7 nitrogen and oxygen atoms in total. The predicted molar refractivity (Wildman–Crippen MR) is 138 cm³/mol. The Kier molecular flexibility index (Phi) is 6.66. The molecule has 3 N–H and O–H groups in total. The van der Waals surface area contributed by atoms with Crippen molar-refractivity contribution in [2.45, 2.75) is 56.7 Å². The molecule has 1 aromatic carbocycles. The Morgan fingerprint density at radius 3 is 2.45 bits per heavy atom. The van der Waals surface area contributed by atoms with Crippen LogP contribution in [0.3, 0.4) is 0 Å². The van der Waals surface area contributed by atoms with Crippen molar-refractivity contribution in [3.8, 4) is 0 Å². The zero-order valence-electron chi connectivity index (χ0n) is 19.5. The molecule has 0 unspecified atom stereocenters. The van der Waals surface area contributed by atoms with Gasteiger partial charge in [-0.2, -0.15) is 4.98 Å². The van der Waals surface area contributed by atoms with Gasteiger partial charge in [0, 0.05) is 30.5 Å². The highest BCUT2D eigenvalue weighted by molar-refractivity contribution is 7.17. The molecule has 3 heterocycles. The molecule has 3 aromatic rings. The third-order valence-electron chi connectivity index (χ3n) is 7.11. The summed E-state index contributed by atoms with van der Waals surface area (Å²) in [6.07, 6.45) is 5.88. The zero-order valence-corrected chi connectivity index (χ0v) is 20.3. The van der Waals surface area contributed by atoms with E-state index < -0.39 is 0 Å². The third-order valence-corrected chi connectivity index (χ3v) is 8.02. The van der Waals surface area contributed by atoms with Crippen molar-refractivity contribution >= 4 is 44.7 Å². The largest absolute Gasteiger partial charge is 0.393 e. The average molecular weight is 467 g/mol. The Hall–Kier alpha value is -2.42. The summed E-state index contributed by atoms with van der Waals surface area (Å²) in [5.74, 6) is 1.49. The first-order valence-corrected chi connectivity index (χ1v) is 12.9. The Morgan fingerprint density at radius 1 is 1.00 bits per heavy atom. The van der Waals surface area contributed by atoms with Crippen LogP contribution in [0, 0.1) is 0 Å². The topological polar surface area (TPSA) is 76.5 Å². The summed E-state index contributed by atoms with van der Waals surface area (Å²) < 4.78 is 1.08. The second-order valence-electron chi connectivity index (χ2n) is 9.50. The fourth-order valence-corrected chi connectivity index (χ4v) is 5.72. The maximum Gasteiger partial charge on any atom is 0.229 e. The first-order valence-electron chi connectivity index (χ1n) is 12.0. The van der Waals surface area contributed by atoms with Crippen LogP contribution in [0.5, 0.6) is 0 Å². The van der Waals surface area contributed by atoms with E-state index in [2.05, 4.69) is 64.2 Å². The quantitative estimate of drug-likeness (QED) is 0.487. The van der Waals surface area contributed by atoms with Gasteiger partial charge in [0.1, 0.15) is 5.82 Å². The lowest BCUT2D eigenvalue weighted by Gasteiger charge is -2.36. The molecular weight excluding hydrogens is 432 g/mol. The molecule has 1 saturated carbocycles. The second-order valence-corrected chi connectivity index (χ2v) is 10.4. The van der Waals surface area contributed by atoms with Crippen molar-refractivity contribution < 1.29 is 5.11 Å². The van der Waals surface area contributed by atoms with Crippen LogP contribution >= 0.6 is 11.3 Å². The van der Waals surface area contributed by atoms with Crippen LogP contribution in [-0.2, 0) is 0 Å². The average Bonchev–Trinajstić information content (AvgIpc) is 3.30. The van der Waals surface area contributed by atoms with Gasteiger partial charge in [0.2, 0.25) is 5.95 Å². The van der Waals surface area contributed by atoms with Gasteiger partial charge in [0.15, 0.2) is 0 Å². The van der Waals surface area contributed by atoms with E-state index in [-0.39, 0.29) is 6.10 Å². The van der Waals surface area contributed by atoms with Crippen LogP contribution in [0.25, 0.3) is 10.2 Å². The minimum Gasteiger partial charge on any atom is -0.393 e. The van der Waals surface area contributed by atoms with Gasteiger partial charge in [0.25, 0.3) is 0 Å². The van der Waals surface area contributed by atoms with Crippen molar-refractivity contribution in [2.75, 3.05) is 42.7 Å². The van der Waals surface area contributed by atoms with E-state index in [1.807, 2.05) is 6.07 Å². The molecule has 1 aliphatic heterocycles. The number of aliphatic hydroxyl groups is 1. The smallest absolute Gasteiger partial charge is 0.229 e. The molecule has 2 aromatic heterocycles. The van der Waals surface area contributed by atoms with Crippen LogP contribution in [0.2, 0.25) is 0 Å². The predicted octanol–water partition coefficient (Wildman–Crippen LogP) is 4.68. The van der Waals surface area contributed by atoms with E-state index in [0.29, 0.717) is 18.0 Å². The van der Waals surface area contributed by atoms with Gasteiger partial charge in [-0.05, 0) is 94.4 Å². The summed E-state index contributed by atoms with van der Waals surface area (Å²) in [4.78, 5) is 14.4. The Balaban J connectivity index is 1.29. The molecule has 0 atom stereocenters. The van der Waals surface area contributed by atoms with E-state index in [0.717, 1.165) is 60.5 Å². The highest BCUT2D eigenvalue weighted by Crippen LogP contribution is 2.31. The number of hydrogen-bond acceptors (Lipinski definition) is 8. The van der Waals surface area contributed by atoms with Gasteiger partial charge in [-0.15, -0.1) is 11.3 Å². The highest BCUT2D eigenvalue weighted by atomic mass is 32.1. The van der Waals surface area contributed by atoms with Gasteiger partial charge >= 0.3 is 0 Å². The number of nitrogens with zero attached hydrogens (tertiary/aromatic N) is 4. The van der Waals surface area contributed by atoms with Gasteiger partial charge in [-0.3, -0.25) is 0 Å². The number of hydrogen-bond donors (Lipinski definition) is 3. The first-order chi connectivity index (χ1) is 16.0. The molecule has 1 saturated heterocycles. The van der Waals surface area contributed by atoms with E-state index in [9.17, 15) is 5.11 Å². The fourth-order valence-electron chi connectivity index (χ4n) is 4.93. The van der Waals surface area contributed by atoms with Crippen LogP contribution < -0.4 is 15.5 Å². The normalized spacial score (nSPS) is 22.4. The lowest BCUT2D eigenvalue weighted by molar-refractivity contribution is 0.126. The van der Waals surface area contributed by atoms with Gasteiger partial charge in [0.05, 0.1) is 16.3 Å². The molecule has 1 aliphatic carbocycles. The van der Waals surface area contributed by atoms with E-state index >= 15 is 0 Å². The number of thiophene rings is 1. The number of aliphatic hydroxyl groups excluding tert-OH is 1. The number of rotatable bonds is 6. The molecular formula is C25H34N6OS. The number of aromatic nitrogens is 2. The SMILES string of the molecule is CN1CCC(N(C)c2ccc(Nc3nc(NC4CCC(O)CC4)c4sccc4n3)cc2)CC1. The number of likely N-dealkylation sites (tertiary alicyclic amines) is 1. The van der Waals surface area contributed by atoms with Crippen LogP contribution in [0.4, 0.5) is 23.1 Å². The van der Waals surface area contributed by atoms with Gasteiger partial charge in [-0.1, -0.05) is 0 Å². The zero-order chi connectivity index (χ0) is 22.8. The monoisotopic (exact) mass is 466 g/mol. The standard InChI is InChI=1S/C25H34N6OS/c1-30-14-11-20(12-15-30)31(2)19-7-3-18(4-8-19)27-25-28-22-13-16-33-23(22)24(29-25)26-17-5-9-21(32)10-6-17/h3-4,7-8,13,16-17,20-21,32H,5-6,9-12,14-15H2,1-2H3,(H2,26,27,28,29). The molecule has 5 rings (SSSR count).